The third-order valence-corrected chi connectivity index (χ3v) is 6.17. The molecule has 2 heterocycles. The number of carbonyl (C=O) groups excluding carboxylic acids is 1. The molecule has 0 spiro atoms. The Balaban J connectivity index is 1.45. The monoisotopic (exact) mass is 456 g/mol. The predicted octanol–water partition coefficient (Wildman–Crippen LogP) is 5.22. The second-order valence-corrected chi connectivity index (χ2v) is 8.46. The van der Waals surface area contributed by atoms with E-state index in [1.165, 1.54) is 11.8 Å². The van der Waals surface area contributed by atoms with Gasteiger partial charge in [0.25, 0.3) is 11.5 Å². The van der Waals surface area contributed by atoms with Crippen molar-refractivity contribution in [3.05, 3.63) is 101 Å². The molecule has 0 radical (unpaired) electrons. The van der Waals surface area contributed by atoms with Gasteiger partial charge in [0, 0.05) is 27.6 Å². The van der Waals surface area contributed by atoms with Crippen LogP contribution in [0.1, 0.15) is 10.4 Å². The first-order chi connectivity index (χ1) is 16.2. The Morgan fingerprint density at radius 2 is 1.52 bits per heavy atom. The smallest absolute Gasteiger partial charge is 0.261 e. The molecule has 0 fully saturated rings. The van der Waals surface area contributed by atoms with E-state index >= 15 is 0 Å². The molecule has 7 heteroatoms. The number of pyridine rings is 1. The summed E-state index contributed by atoms with van der Waals surface area (Å²) in [5, 5.41) is 2.88. The summed E-state index contributed by atoms with van der Waals surface area (Å²) in [5.41, 5.74) is 1.64. The maximum Gasteiger partial charge on any atom is 0.261 e. The van der Waals surface area contributed by atoms with Crippen LogP contribution in [0.25, 0.3) is 11.3 Å². The minimum Gasteiger partial charge on any atom is -0.486 e. The summed E-state index contributed by atoms with van der Waals surface area (Å²) in [6, 6.07) is 26.2. The third kappa shape index (κ3) is 4.63. The van der Waals surface area contributed by atoms with Gasteiger partial charge < -0.3 is 19.8 Å². The van der Waals surface area contributed by atoms with Crippen LogP contribution in [0.3, 0.4) is 0 Å². The Hall–Kier alpha value is -3.97. The fourth-order valence-corrected chi connectivity index (χ4v) is 4.43. The van der Waals surface area contributed by atoms with Crippen molar-refractivity contribution in [2.75, 3.05) is 18.5 Å². The lowest BCUT2D eigenvalue weighted by molar-refractivity contribution is 0.102. The van der Waals surface area contributed by atoms with Gasteiger partial charge in [-0.25, -0.2) is 0 Å². The number of hydrogen-bond donors (Lipinski definition) is 2. The fraction of sp³-hybridized carbons (Fsp3) is 0.0769. The molecule has 164 valence electrons. The summed E-state index contributed by atoms with van der Waals surface area (Å²) < 4.78 is 11.4. The van der Waals surface area contributed by atoms with Crippen LogP contribution in [0.5, 0.6) is 11.5 Å². The van der Waals surface area contributed by atoms with Crippen LogP contribution in [0, 0.1) is 0 Å². The molecular formula is C26H20N2O4S. The molecule has 4 aromatic rings. The molecule has 2 N–H and O–H groups in total. The van der Waals surface area contributed by atoms with Gasteiger partial charge in [0.15, 0.2) is 11.5 Å². The molecule has 0 saturated carbocycles. The number of aromatic nitrogens is 1. The minimum absolute atomic E-state index is 0.0280. The zero-order valence-corrected chi connectivity index (χ0v) is 18.4. The first-order valence-electron chi connectivity index (χ1n) is 10.4. The number of ether oxygens (including phenoxy) is 2. The van der Waals surface area contributed by atoms with Crippen LogP contribution in [0.4, 0.5) is 5.69 Å². The molecule has 0 saturated heterocycles. The number of hydrogen-bond acceptors (Lipinski definition) is 5. The number of carbonyl (C=O) groups is 1. The number of amides is 1. The van der Waals surface area contributed by atoms with E-state index < -0.39 is 11.5 Å². The molecule has 1 aromatic heterocycles. The zero-order chi connectivity index (χ0) is 22.6. The van der Waals surface area contributed by atoms with Gasteiger partial charge in [-0.15, -0.1) is 0 Å². The number of nitrogens with one attached hydrogen (secondary N) is 2. The molecule has 1 aliphatic heterocycles. The van der Waals surface area contributed by atoms with Gasteiger partial charge >= 0.3 is 0 Å². The number of benzene rings is 3. The van der Waals surface area contributed by atoms with E-state index in [0.717, 1.165) is 15.4 Å². The first-order valence-corrected chi connectivity index (χ1v) is 11.3. The SMILES string of the molecule is O=C(Nc1cc2c(cc1Sc1ccccc1)OCCO2)c1ccc(-c2ccccc2)[nH]c1=O. The van der Waals surface area contributed by atoms with Crippen molar-refractivity contribution in [3.63, 3.8) is 0 Å². The summed E-state index contributed by atoms with van der Waals surface area (Å²) in [6.45, 7) is 0.906. The van der Waals surface area contributed by atoms with E-state index in [0.29, 0.717) is 36.1 Å². The molecular weight excluding hydrogens is 436 g/mol. The highest BCUT2D eigenvalue weighted by Gasteiger charge is 2.20. The molecule has 1 aliphatic rings. The summed E-state index contributed by atoms with van der Waals surface area (Å²) in [7, 11) is 0. The second-order valence-electron chi connectivity index (χ2n) is 7.34. The quantitative estimate of drug-likeness (QED) is 0.431. The Morgan fingerprint density at radius 1 is 0.848 bits per heavy atom. The summed E-state index contributed by atoms with van der Waals surface area (Å²) in [6.07, 6.45) is 0. The molecule has 0 aliphatic carbocycles. The van der Waals surface area contributed by atoms with Crippen LogP contribution < -0.4 is 20.3 Å². The van der Waals surface area contributed by atoms with Gasteiger partial charge in [-0.3, -0.25) is 9.59 Å². The van der Waals surface area contributed by atoms with Crippen molar-refractivity contribution < 1.29 is 14.3 Å². The van der Waals surface area contributed by atoms with Crippen LogP contribution in [0.2, 0.25) is 0 Å². The minimum atomic E-state index is -0.498. The molecule has 3 aromatic carbocycles. The number of H-pyrrole nitrogens is 1. The number of rotatable bonds is 5. The second kappa shape index (κ2) is 9.26. The average Bonchev–Trinajstić information content (AvgIpc) is 2.85. The van der Waals surface area contributed by atoms with E-state index in [1.54, 1.807) is 18.2 Å². The largest absolute Gasteiger partial charge is 0.486 e. The Kier molecular flexibility index (Phi) is 5.87. The van der Waals surface area contributed by atoms with Crippen molar-refractivity contribution in [1.29, 1.82) is 0 Å². The predicted molar refractivity (Wildman–Crippen MR) is 128 cm³/mol. The highest BCUT2D eigenvalue weighted by atomic mass is 32.2. The van der Waals surface area contributed by atoms with E-state index in [4.69, 9.17) is 9.47 Å². The third-order valence-electron chi connectivity index (χ3n) is 5.10. The molecule has 0 unspecified atom stereocenters. The van der Waals surface area contributed by atoms with Crippen LogP contribution >= 0.6 is 11.8 Å². The van der Waals surface area contributed by atoms with Gasteiger partial charge in [-0.1, -0.05) is 60.3 Å². The zero-order valence-electron chi connectivity index (χ0n) is 17.5. The standard InChI is InChI=1S/C26H20N2O4S/c29-25-19(11-12-20(27-25)17-7-3-1-4-8-17)26(30)28-21-15-22-23(32-14-13-31-22)16-24(21)33-18-9-5-2-6-10-18/h1-12,15-16H,13-14H2,(H,27,29)(H,28,30). The van der Waals surface area contributed by atoms with Crippen LogP contribution in [-0.4, -0.2) is 24.1 Å². The van der Waals surface area contributed by atoms with Crippen molar-refractivity contribution in [1.82, 2.24) is 4.98 Å². The van der Waals surface area contributed by atoms with Crippen molar-refractivity contribution in [2.45, 2.75) is 9.79 Å². The molecule has 5 rings (SSSR count). The Bertz CT molecular complexity index is 1350. The lowest BCUT2D eigenvalue weighted by Crippen LogP contribution is -2.23. The Morgan fingerprint density at radius 3 is 2.21 bits per heavy atom. The van der Waals surface area contributed by atoms with E-state index in [9.17, 15) is 9.59 Å². The van der Waals surface area contributed by atoms with Gasteiger partial charge in [-0.2, -0.15) is 0 Å². The fourth-order valence-electron chi connectivity index (χ4n) is 3.50. The molecule has 1 amide bonds. The molecule has 33 heavy (non-hydrogen) atoms. The molecule has 6 nitrogen and oxygen atoms in total. The topological polar surface area (TPSA) is 80.4 Å². The lowest BCUT2D eigenvalue weighted by atomic mass is 10.1. The lowest BCUT2D eigenvalue weighted by Gasteiger charge is -2.21. The summed E-state index contributed by atoms with van der Waals surface area (Å²) in [4.78, 5) is 30.3. The van der Waals surface area contributed by atoms with E-state index in [2.05, 4.69) is 10.3 Å². The van der Waals surface area contributed by atoms with Gasteiger partial charge in [0.2, 0.25) is 0 Å². The number of anilines is 1. The highest BCUT2D eigenvalue weighted by molar-refractivity contribution is 7.99. The molecule has 0 atom stereocenters. The molecule has 0 bridgehead atoms. The van der Waals surface area contributed by atoms with E-state index in [1.807, 2.05) is 66.7 Å². The van der Waals surface area contributed by atoms with Gasteiger partial charge in [-0.05, 0) is 29.8 Å². The van der Waals surface area contributed by atoms with Crippen molar-refractivity contribution in [3.8, 4) is 22.8 Å². The maximum atomic E-state index is 13.0. The number of aromatic amines is 1. The van der Waals surface area contributed by atoms with Crippen LogP contribution in [0.15, 0.2) is 99.5 Å². The highest BCUT2D eigenvalue weighted by Crippen LogP contribution is 2.42. The van der Waals surface area contributed by atoms with Gasteiger partial charge in [0.1, 0.15) is 18.8 Å². The van der Waals surface area contributed by atoms with Crippen molar-refractivity contribution in [2.24, 2.45) is 0 Å². The number of fused-ring (bicyclic) bond motifs is 1. The summed E-state index contributed by atoms with van der Waals surface area (Å²) >= 11 is 1.49. The average molecular weight is 457 g/mol. The van der Waals surface area contributed by atoms with Crippen LogP contribution in [-0.2, 0) is 0 Å². The Labute approximate surface area is 194 Å². The maximum absolute atomic E-state index is 13.0. The normalized spacial score (nSPS) is 12.2. The van der Waals surface area contributed by atoms with Crippen molar-refractivity contribution >= 4 is 23.4 Å². The van der Waals surface area contributed by atoms with E-state index in [-0.39, 0.29) is 5.56 Å². The summed E-state index contributed by atoms with van der Waals surface area (Å²) in [5.74, 6) is 0.687. The van der Waals surface area contributed by atoms with Gasteiger partial charge in [0.05, 0.1) is 5.69 Å². The first kappa shape index (κ1) is 20.9.